The van der Waals surface area contributed by atoms with E-state index in [1.54, 1.807) is 0 Å². The number of amides is 3. The summed E-state index contributed by atoms with van der Waals surface area (Å²) < 4.78 is 0. The number of carbonyl (C=O) groups is 4. The largest absolute Gasteiger partial charge is 0.480 e. The van der Waals surface area contributed by atoms with E-state index in [1.807, 2.05) is 0 Å². The normalized spacial score (nSPS) is 18.2. The predicted octanol–water partition coefficient (Wildman–Crippen LogP) is -2.81. The third-order valence-electron chi connectivity index (χ3n) is 4.42. The van der Waals surface area contributed by atoms with Gasteiger partial charge in [-0.25, -0.2) is 4.79 Å². The second-order valence-corrected chi connectivity index (χ2v) is 6.65. The van der Waals surface area contributed by atoms with Gasteiger partial charge in [-0.2, -0.15) is 0 Å². The summed E-state index contributed by atoms with van der Waals surface area (Å²) in [6, 6.07) is -2.94. The first-order valence-electron chi connectivity index (χ1n) is 9.06. The Bertz CT molecular complexity index is 621. The van der Waals surface area contributed by atoms with Crippen molar-refractivity contribution in [2.45, 2.75) is 56.7 Å². The Labute approximate surface area is 162 Å². The molecule has 0 bridgehead atoms. The molecule has 1 fully saturated rings. The van der Waals surface area contributed by atoms with Crippen LogP contribution in [-0.2, 0) is 19.2 Å². The van der Waals surface area contributed by atoms with Gasteiger partial charge in [0.2, 0.25) is 17.7 Å². The molecule has 1 saturated heterocycles. The SMILES string of the molecule is NC(=O)CCC(NC(=O)C(N)CCCN=C(N)N)C(=O)N1CCCC1C(=O)O. The molecule has 0 saturated carbocycles. The third-order valence-corrected chi connectivity index (χ3v) is 4.42. The maximum atomic E-state index is 12.8. The molecule has 0 radical (unpaired) electrons. The topological polar surface area (TPSA) is 220 Å². The van der Waals surface area contributed by atoms with E-state index in [4.69, 9.17) is 22.9 Å². The number of carboxylic acids is 1. The molecule has 3 unspecified atom stereocenters. The van der Waals surface area contributed by atoms with Gasteiger partial charge in [-0.1, -0.05) is 0 Å². The molecule has 0 aliphatic carbocycles. The molecule has 1 heterocycles. The standard InChI is InChI=1S/C16H29N7O5/c17-9(3-1-7-21-16(19)20)13(25)22-10(5-6-12(18)24)14(26)23-8-2-4-11(23)15(27)28/h9-11H,1-8,17H2,(H2,18,24)(H,22,25)(H,27,28)(H4,19,20,21). The Kier molecular flexibility index (Phi) is 9.15. The highest BCUT2D eigenvalue weighted by molar-refractivity contribution is 5.92. The average molecular weight is 399 g/mol. The molecule has 3 atom stereocenters. The number of primary amides is 1. The highest BCUT2D eigenvalue weighted by Gasteiger charge is 2.37. The Hall–Kier alpha value is -2.89. The predicted molar refractivity (Wildman–Crippen MR) is 101 cm³/mol. The van der Waals surface area contributed by atoms with E-state index in [1.165, 1.54) is 4.90 Å². The molecule has 0 aromatic rings. The first kappa shape index (κ1) is 23.1. The lowest BCUT2D eigenvalue weighted by molar-refractivity contribution is -0.149. The molecule has 28 heavy (non-hydrogen) atoms. The number of likely N-dealkylation sites (tertiary alicyclic amines) is 1. The van der Waals surface area contributed by atoms with Crippen molar-refractivity contribution in [1.82, 2.24) is 10.2 Å². The fraction of sp³-hybridized carbons (Fsp3) is 0.688. The minimum Gasteiger partial charge on any atom is -0.480 e. The Morgan fingerprint density at radius 2 is 1.86 bits per heavy atom. The van der Waals surface area contributed by atoms with E-state index in [0.29, 0.717) is 25.8 Å². The molecule has 12 nitrogen and oxygen atoms in total. The molecule has 0 spiro atoms. The minimum absolute atomic E-state index is 0.0382. The van der Waals surface area contributed by atoms with Gasteiger partial charge in [0.25, 0.3) is 0 Å². The van der Waals surface area contributed by atoms with Crippen LogP contribution >= 0.6 is 0 Å². The highest BCUT2D eigenvalue weighted by atomic mass is 16.4. The van der Waals surface area contributed by atoms with E-state index in [9.17, 15) is 24.3 Å². The van der Waals surface area contributed by atoms with Crippen molar-refractivity contribution >= 4 is 29.7 Å². The van der Waals surface area contributed by atoms with E-state index in [-0.39, 0.29) is 31.8 Å². The number of hydrogen-bond acceptors (Lipinski definition) is 6. The number of nitrogens with two attached hydrogens (primary N) is 4. The first-order chi connectivity index (χ1) is 13.1. The molecule has 10 N–H and O–H groups in total. The number of rotatable bonds is 11. The van der Waals surface area contributed by atoms with Crippen LogP contribution in [0, 0.1) is 0 Å². The van der Waals surface area contributed by atoms with Crippen molar-refractivity contribution in [3.05, 3.63) is 0 Å². The van der Waals surface area contributed by atoms with Gasteiger partial charge in [-0.05, 0) is 32.1 Å². The number of aliphatic carboxylic acids is 1. The van der Waals surface area contributed by atoms with Gasteiger partial charge in [-0.3, -0.25) is 19.4 Å². The van der Waals surface area contributed by atoms with Gasteiger partial charge in [0.1, 0.15) is 12.1 Å². The monoisotopic (exact) mass is 399 g/mol. The minimum atomic E-state index is -1.11. The Balaban J connectivity index is 2.73. The Morgan fingerprint density at radius 1 is 1.18 bits per heavy atom. The van der Waals surface area contributed by atoms with Crippen LogP contribution in [0.3, 0.4) is 0 Å². The van der Waals surface area contributed by atoms with Crippen LogP contribution in [0.15, 0.2) is 4.99 Å². The second kappa shape index (κ2) is 11.1. The lowest BCUT2D eigenvalue weighted by Crippen LogP contribution is -2.54. The van der Waals surface area contributed by atoms with Crippen molar-refractivity contribution in [1.29, 1.82) is 0 Å². The van der Waals surface area contributed by atoms with Crippen LogP contribution < -0.4 is 28.3 Å². The van der Waals surface area contributed by atoms with E-state index >= 15 is 0 Å². The van der Waals surface area contributed by atoms with E-state index < -0.39 is 41.8 Å². The van der Waals surface area contributed by atoms with E-state index in [0.717, 1.165) is 0 Å². The summed E-state index contributed by atoms with van der Waals surface area (Å²) >= 11 is 0. The van der Waals surface area contributed by atoms with Gasteiger partial charge < -0.3 is 38.3 Å². The zero-order chi connectivity index (χ0) is 21.3. The number of guanidine groups is 1. The summed E-state index contributed by atoms with van der Waals surface area (Å²) in [6.45, 7) is 0.574. The molecule has 1 aliphatic rings. The van der Waals surface area contributed by atoms with Crippen molar-refractivity contribution < 1.29 is 24.3 Å². The molecular weight excluding hydrogens is 370 g/mol. The second-order valence-electron chi connectivity index (χ2n) is 6.65. The molecule has 12 heteroatoms. The zero-order valence-electron chi connectivity index (χ0n) is 15.7. The Morgan fingerprint density at radius 3 is 2.43 bits per heavy atom. The van der Waals surface area contributed by atoms with Crippen molar-refractivity contribution in [2.75, 3.05) is 13.1 Å². The number of aliphatic imine (C=N–C) groups is 1. The smallest absolute Gasteiger partial charge is 0.326 e. The fourth-order valence-corrected chi connectivity index (χ4v) is 2.96. The molecular formula is C16H29N7O5. The fourth-order valence-electron chi connectivity index (χ4n) is 2.96. The summed E-state index contributed by atoms with van der Waals surface area (Å²) in [5.74, 6) is -2.95. The molecule has 3 amide bonds. The van der Waals surface area contributed by atoms with Crippen LogP contribution in [-0.4, -0.2) is 70.9 Å². The summed E-state index contributed by atoms with van der Waals surface area (Å²) in [4.78, 5) is 52.5. The third kappa shape index (κ3) is 7.39. The van der Waals surface area contributed by atoms with Crippen LogP contribution in [0.1, 0.15) is 38.5 Å². The highest BCUT2D eigenvalue weighted by Crippen LogP contribution is 2.19. The lowest BCUT2D eigenvalue weighted by Gasteiger charge is -2.28. The van der Waals surface area contributed by atoms with Gasteiger partial charge in [0.15, 0.2) is 5.96 Å². The first-order valence-corrected chi connectivity index (χ1v) is 9.06. The molecule has 0 aromatic carbocycles. The maximum absolute atomic E-state index is 12.8. The van der Waals surface area contributed by atoms with Gasteiger partial charge in [0.05, 0.1) is 6.04 Å². The van der Waals surface area contributed by atoms with Gasteiger partial charge >= 0.3 is 5.97 Å². The summed E-state index contributed by atoms with van der Waals surface area (Å²) in [6.07, 6.45) is 1.44. The zero-order valence-corrected chi connectivity index (χ0v) is 15.7. The summed E-state index contributed by atoms with van der Waals surface area (Å²) in [7, 11) is 0. The van der Waals surface area contributed by atoms with E-state index in [2.05, 4.69) is 10.3 Å². The van der Waals surface area contributed by atoms with Crippen molar-refractivity contribution in [3.8, 4) is 0 Å². The quantitative estimate of drug-likeness (QED) is 0.121. The number of carboxylic acid groups (broad SMARTS) is 1. The van der Waals surface area contributed by atoms with Crippen LogP contribution in [0.2, 0.25) is 0 Å². The molecule has 1 rings (SSSR count). The summed E-state index contributed by atoms with van der Waals surface area (Å²) in [5.41, 5.74) is 21.4. The molecule has 158 valence electrons. The van der Waals surface area contributed by atoms with Gasteiger partial charge in [-0.15, -0.1) is 0 Å². The van der Waals surface area contributed by atoms with Crippen LogP contribution in [0.5, 0.6) is 0 Å². The number of carbonyl (C=O) groups excluding carboxylic acids is 3. The van der Waals surface area contributed by atoms with Crippen LogP contribution in [0.4, 0.5) is 0 Å². The average Bonchev–Trinajstić information content (AvgIpc) is 3.10. The number of nitrogens with zero attached hydrogens (tertiary/aromatic N) is 2. The van der Waals surface area contributed by atoms with Crippen molar-refractivity contribution in [2.24, 2.45) is 27.9 Å². The molecule has 0 aromatic heterocycles. The van der Waals surface area contributed by atoms with Gasteiger partial charge in [0, 0.05) is 19.5 Å². The summed E-state index contributed by atoms with van der Waals surface area (Å²) in [5, 5.41) is 11.8. The van der Waals surface area contributed by atoms with Crippen LogP contribution in [0.25, 0.3) is 0 Å². The molecule has 1 aliphatic heterocycles. The number of nitrogens with one attached hydrogen (secondary N) is 1. The van der Waals surface area contributed by atoms with Crippen molar-refractivity contribution in [3.63, 3.8) is 0 Å². The number of hydrogen-bond donors (Lipinski definition) is 6. The maximum Gasteiger partial charge on any atom is 0.326 e. The lowest BCUT2D eigenvalue weighted by atomic mass is 10.1.